The van der Waals surface area contributed by atoms with E-state index in [0.29, 0.717) is 5.16 Å². The first-order chi connectivity index (χ1) is 8.28. The molecule has 1 heterocycles. The lowest BCUT2D eigenvalue weighted by Gasteiger charge is -2.20. The molecular formula is C12H18N2O3S. The molecule has 100 valence electrons. The maximum atomic E-state index is 11.2. The molecule has 0 bridgehead atoms. The number of rotatable bonds is 5. The second-order valence-electron chi connectivity index (χ2n) is 5.23. The Kier molecular flexibility index (Phi) is 4.95. The molecule has 0 aliphatic rings. The molecule has 0 aromatic carbocycles. The van der Waals surface area contributed by atoms with E-state index in [9.17, 15) is 9.59 Å². The number of carboxylic acid groups (broad SMARTS) is 1. The fourth-order valence-corrected chi connectivity index (χ4v) is 2.01. The average molecular weight is 270 g/mol. The minimum Gasteiger partial charge on any atom is -0.481 e. The summed E-state index contributed by atoms with van der Waals surface area (Å²) >= 11 is 1.07. The van der Waals surface area contributed by atoms with Crippen molar-refractivity contribution in [2.24, 2.45) is 5.41 Å². The van der Waals surface area contributed by atoms with Gasteiger partial charge in [0.15, 0.2) is 5.16 Å². The lowest BCUT2D eigenvalue weighted by molar-refractivity contribution is -0.133. The normalized spacial score (nSPS) is 11.5. The minimum atomic E-state index is -0.916. The van der Waals surface area contributed by atoms with Crippen molar-refractivity contribution in [3.8, 4) is 0 Å². The predicted octanol–water partition coefficient (Wildman–Crippen LogP) is 1.86. The van der Waals surface area contributed by atoms with Gasteiger partial charge in [-0.3, -0.25) is 9.59 Å². The molecule has 0 radical (unpaired) electrons. The van der Waals surface area contributed by atoms with Crippen LogP contribution in [0, 0.1) is 5.41 Å². The van der Waals surface area contributed by atoms with E-state index in [1.54, 1.807) is 6.20 Å². The molecule has 0 fully saturated rings. The molecule has 5 nitrogen and oxygen atoms in total. The van der Waals surface area contributed by atoms with Crippen LogP contribution in [0.1, 0.15) is 27.2 Å². The number of hydrogen-bond acceptors (Lipinski definition) is 4. The van der Waals surface area contributed by atoms with E-state index in [0.717, 1.165) is 24.7 Å². The molecule has 1 aromatic rings. The molecule has 0 unspecified atom stereocenters. The fourth-order valence-electron chi connectivity index (χ4n) is 1.28. The van der Waals surface area contributed by atoms with Crippen molar-refractivity contribution in [1.82, 2.24) is 9.55 Å². The summed E-state index contributed by atoms with van der Waals surface area (Å²) < 4.78 is 1.83. The first-order valence-electron chi connectivity index (χ1n) is 5.70. The lowest BCUT2D eigenvalue weighted by atomic mass is 9.92. The summed E-state index contributed by atoms with van der Waals surface area (Å²) in [5.74, 6) is -1.01. The van der Waals surface area contributed by atoms with E-state index in [1.165, 1.54) is 6.07 Å². The molecule has 0 saturated heterocycles. The molecule has 0 atom stereocenters. The zero-order chi connectivity index (χ0) is 13.8. The second-order valence-corrected chi connectivity index (χ2v) is 6.18. The van der Waals surface area contributed by atoms with E-state index < -0.39 is 5.97 Å². The Bertz CT molecular complexity index is 477. The summed E-state index contributed by atoms with van der Waals surface area (Å²) in [6, 6.07) is 1.40. The van der Waals surface area contributed by atoms with Crippen LogP contribution in [0.15, 0.2) is 22.2 Å². The summed E-state index contributed by atoms with van der Waals surface area (Å²) in [4.78, 5) is 25.6. The topological polar surface area (TPSA) is 72.2 Å². The molecular weight excluding hydrogens is 252 g/mol. The van der Waals surface area contributed by atoms with Gasteiger partial charge in [-0.2, -0.15) is 4.98 Å². The van der Waals surface area contributed by atoms with Crippen LogP contribution < -0.4 is 5.56 Å². The smallest absolute Gasteiger partial charge is 0.313 e. The van der Waals surface area contributed by atoms with Gasteiger partial charge in [-0.1, -0.05) is 32.5 Å². The maximum absolute atomic E-state index is 11.2. The largest absolute Gasteiger partial charge is 0.481 e. The summed E-state index contributed by atoms with van der Waals surface area (Å²) in [7, 11) is 0. The van der Waals surface area contributed by atoms with Gasteiger partial charge in [-0.25, -0.2) is 0 Å². The van der Waals surface area contributed by atoms with Gasteiger partial charge < -0.3 is 9.67 Å². The molecule has 1 N–H and O–H groups in total. The Morgan fingerprint density at radius 2 is 2.17 bits per heavy atom. The number of carbonyl (C=O) groups is 1. The van der Waals surface area contributed by atoms with E-state index in [1.807, 2.05) is 4.57 Å². The van der Waals surface area contributed by atoms with Gasteiger partial charge in [-0.05, 0) is 11.8 Å². The molecule has 18 heavy (non-hydrogen) atoms. The zero-order valence-electron chi connectivity index (χ0n) is 10.8. The van der Waals surface area contributed by atoms with E-state index >= 15 is 0 Å². The van der Waals surface area contributed by atoms with Gasteiger partial charge >= 0.3 is 5.97 Å². The fraction of sp³-hybridized carbons (Fsp3) is 0.583. The van der Waals surface area contributed by atoms with Crippen molar-refractivity contribution in [3.63, 3.8) is 0 Å². The van der Waals surface area contributed by atoms with Gasteiger partial charge in [0.2, 0.25) is 0 Å². The Balaban J connectivity index is 2.82. The molecule has 0 saturated carbocycles. The molecule has 0 spiro atoms. The molecule has 1 aromatic heterocycles. The lowest BCUT2D eigenvalue weighted by Crippen LogP contribution is -2.17. The number of nitrogens with zero attached hydrogens (tertiary/aromatic N) is 2. The van der Waals surface area contributed by atoms with Crippen LogP contribution in [-0.2, 0) is 11.3 Å². The number of thioether (sulfide) groups is 1. The minimum absolute atomic E-state index is 0.0913. The average Bonchev–Trinajstić information content (AvgIpc) is 2.23. The number of aliphatic carboxylic acids is 1. The Hall–Kier alpha value is -1.30. The highest BCUT2D eigenvalue weighted by Crippen LogP contribution is 2.21. The van der Waals surface area contributed by atoms with Crippen molar-refractivity contribution in [3.05, 3.63) is 22.6 Å². The quantitative estimate of drug-likeness (QED) is 0.653. The third kappa shape index (κ3) is 5.35. The number of aryl methyl sites for hydroxylation is 1. The number of carboxylic acids is 1. The Labute approximate surface area is 110 Å². The molecule has 6 heteroatoms. The highest BCUT2D eigenvalue weighted by atomic mass is 32.2. The third-order valence-electron chi connectivity index (χ3n) is 2.28. The van der Waals surface area contributed by atoms with Crippen molar-refractivity contribution in [2.75, 3.05) is 5.75 Å². The first-order valence-corrected chi connectivity index (χ1v) is 6.68. The van der Waals surface area contributed by atoms with E-state index in [-0.39, 0.29) is 16.7 Å². The van der Waals surface area contributed by atoms with Crippen LogP contribution in [0.3, 0.4) is 0 Å². The summed E-state index contributed by atoms with van der Waals surface area (Å²) in [6.07, 6.45) is 2.60. The maximum Gasteiger partial charge on any atom is 0.313 e. The van der Waals surface area contributed by atoms with Crippen LogP contribution in [0.25, 0.3) is 0 Å². The van der Waals surface area contributed by atoms with E-state index in [2.05, 4.69) is 25.8 Å². The van der Waals surface area contributed by atoms with Gasteiger partial charge in [0, 0.05) is 18.8 Å². The summed E-state index contributed by atoms with van der Waals surface area (Å²) in [6.45, 7) is 7.12. The standard InChI is InChI=1S/C12H18N2O3S/c1-12(2,3)5-7-14-6-4-9(15)13-11(14)18-8-10(16)17/h4,6H,5,7-8H2,1-3H3,(H,16,17). The van der Waals surface area contributed by atoms with Crippen LogP contribution in [0.2, 0.25) is 0 Å². The van der Waals surface area contributed by atoms with Crippen LogP contribution in [-0.4, -0.2) is 26.4 Å². The Morgan fingerprint density at radius 3 is 2.72 bits per heavy atom. The molecule has 0 aliphatic carbocycles. The SMILES string of the molecule is CC(C)(C)CCn1ccc(=O)nc1SCC(=O)O. The first kappa shape index (κ1) is 14.8. The van der Waals surface area contributed by atoms with Gasteiger partial charge in [0.05, 0.1) is 5.75 Å². The third-order valence-corrected chi connectivity index (χ3v) is 3.25. The van der Waals surface area contributed by atoms with Crippen LogP contribution >= 0.6 is 11.8 Å². The monoisotopic (exact) mass is 270 g/mol. The summed E-state index contributed by atoms with van der Waals surface area (Å²) in [5, 5.41) is 9.12. The molecule has 0 amide bonds. The van der Waals surface area contributed by atoms with Crippen molar-refractivity contribution in [1.29, 1.82) is 0 Å². The van der Waals surface area contributed by atoms with Gasteiger partial charge in [0.1, 0.15) is 0 Å². The van der Waals surface area contributed by atoms with Gasteiger partial charge in [0.25, 0.3) is 5.56 Å². The highest BCUT2D eigenvalue weighted by Gasteiger charge is 2.12. The second kappa shape index (κ2) is 6.04. The van der Waals surface area contributed by atoms with Crippen molar-refractivity contribution >= 4 is 17.7 Å². The Morgan fingerprint density at radius 1 is 1.50 bits per heavy atom. The zero-order valence-corrected chi connectivity index (χ0v) is 11.7. The molecule has 0 aliphatic heterocycles. The number of aromatic nitrogens is 2. The summed E-state index contributed by atoms with van der Waals surface area (Å²) in [5.41, 5.74) is -0.160. The van der Waals surface area contributed by atoms with E-state index in [4.69, 9.17) is 5.11 Å². The predicted molar refractivity (Wildman–Crippen MR) is 70.9 cm³/mol. The van der Waals surface area contributed by atoms with Crippen molar-refractivity contribution in [2.45, 2.75) is 38.9 Å². The van der Waals surface area contributed by atoms with Crippen LogP contribution in [0.4, 0.5) is 0 Å². The van der Waals surface area contributed by atoms with Gasteiger partial charge in [-0.15, -0.1) is 0 Å². The molecule has 1 rings (SSSR count). The highest BCUT2D eigenvalue weighted by molar-refractivity contribution is 7.99. The van der Waals surface area contributed by atoms with Crippen molar-refractivity contribution < 1.29 is 9.90 Å². The number of hydrogen-bond donors (Lipinski definition) is 1. The van der Waals surface area contributed by atoms with Crippen LogP contribution in [0.5, 0.6) is 0 Å².